The van der Waals surface area contributed by atoms with Gasteiger partial charge >= 0.3 is 6.09 Å². The molecule has 39 heavy (non-hydrogen) atoms. The van der Waals surface area contributed by atoms with Gasteiger partial charge in [-0.15, -0.1) is 0 Å². The predicted molar refractivity (Wildman–Crippen MR) is 145 cm³/mol. The van der Waals surface area contributed by atoms with Gasteiger partial charge < -0.3 is 14.4 Å². The zero-order chi connectivity index (χ0) is 27.4. The Kier molecular flexibility index (Phi) is 8.04. The van der Waals surface area contributed by atoms with E-state index in [1.165, 1.54) is 17.0 Å². The van der Waals surface area contributed by atoms with E-state index in [4.69, 9.17) is 9.47 Å². The molecule has 9 nitrogen and oxygen atoms in total. The number of nitro groups is 1. The Hall–Kier alpha value is -4.02. The average molecular weight is 535 g/mol. The summed E-state index contributed by atoms with van der Waals surface area (Å²) in [5.74, 6) is -0.393. The van der Waals surface area contributed by atoms with Crippen LogP contribution >= 0.6 is 0 Å². The Bertz CT molecular complexity index is 1320. The molecule has 2 aliphatic heterocycles. The summed E-state index contributed by atoms with van der Waals surface area (Å²) in [5, 5.41) is 11.4. The second kappa shape index (κ2) is 11.8. The van der Waals surface area contributed by atoms with Crippen molar-refractivity contribution >= 4 is 23.2 Å². The Balaban J connectivity index is 1.33. The molecule has 0 aliphatic carbocycles. The van der Waals surface area contributed by atoms with E-state index >= 15 is 4.39 Å². The molecular formula is C29H31FN4O5. The summed E-state index contributed by atoms with van der Waals surface area (Å²) in [6, 6.07) is 21.1. The Morgan fingerprint density at radius 2 is 1.85 bits per heavy atom. The second-order valence-electron chi connectivity index (χ2n) is 9.79. The van der Waals surface area contributed by atoms with E-state index in [0.717, 1.165) is 11.1 Å². The Morgan fingerprint density at radius 3 is 2.56 bits per heavy atom. The molecular weight excluding hydrogens is 503 g/mol. The van der Waals surface area contributed by atoms with Crippen molar-refractivity contribution < 1.29 is 23.6 Å². The lowest BCUT2D eigenvalue weighted by Crippen LogP contribution is -2.37. The molecule has 0 N–H and O–H groups in total. The van der Waals surface area contributed by atoms with Crippen LogP contribution in [0.4, 0.5) is 26.2 Å². The second-order valence-corrected chi connectivity index (χ2v) is 9.79. The molecule has 0 spiro atoms. The van der Waals surface area contributed by atoms with Crippen LogP contribution in [0.3, 0.4) is 0 Å². The molecule has 1 amide bonds. The van der Waals surface area contributed by atoms with Crippen molar-refractivity contribution in [1.29, 1.82) is 0 Å². The fourth-order valence-electron chi connectivity index (χ4n) is 5.10. The summed E-state index contributed by atoms with van der Waals surface area (Å²) in [4.78, 5) is 29.3. The number of rotatable bonds is 9. The number of cyclic esters (lactones) is 1. The lowest BCUT2D eigenvalue weighted by molar-refractivity contribution is -0.385. The van der Waals surface area contributed by atoms with Gasteiger partial charge in [-0.1, -0.05) is 42.5 Å². The zero-order valence-electron chi connectivity index (χ0n) is 21.7. The van der Waals surface area contributed by atoms with Crippen LogP contribution < -0.4 is 9.80 Å². The lowest BCUT2D eigenvalue weighted by Gasteiger charge is -2.31. The van der Waals surface area contributed by atoms with Crippen molar-refractivity contribution in [2.45, 2.75) is 25.6 Å². The van der Waals surface area contributed by atoms with Crippen molar-refractivity contribution in [3.05, 3.63) is 99.9 Å². The Morgan fingerprint density at radius 1 is 1.08 bits per heavy atom. The van der Waals surface area contributed by atoms with Crippen LogP contribution in [-0.2, 0) is 16.0 Å². The number of benzene rings is 3. The summed E-state index contributed by atoms with van der Waals surface area (Å²) in [6.07, 6.45) is -0.995. The molecule has 2 aliphatic rings. The van der Waals surface area contributed by atoms with Gasteiger partial charge in [0.05, 0.1) is 36.1 Å². The van der Waals surface area contributed by atoms with Crippen molar-refractivity contribution in [3.63, 3.8) is 0 Å². The highest BCUT2D eigenvalue weighted by atomic mass is 19.1. The number of anilines is 2. The van der Waals surface area contributed by atoms with Gasteiger partial charge in [-0.05, 0) is 36.2 Å². The third-order valence-corrected chi connectivity index (χ3v) is 7.25. The number of ether oxygens (including phenoxy) is 2. The van der Waals surface area contributed by atoms with Crippen LogP contribution in [0, 0.1) is 15.9 Å². The first kappa shape index (κ1) is 26.6. The number of halogens is 1. The number of nitrogens with zero attached hydrogens (tertiary/aromatic N) is 4. The third kappa shape index (κ3) is 6.18. The number of morpholine rings is 1. The smallest absolute Gasteiger partial charge is 0.414 e. The zero-order valence-corrected chi connectivity index (χ0v) is 21.7. The highest BCUT2D eigenvalue weighted by molar-refractivity contribution is 5.90. The van der Waals surface area contributed by atoms with Crippen molar-refractivity contribution in [2.24, 2.45) is 0 Å². The van der Waals surface area contributed by atoms with Crippen LogP contribution in [0.15, 0.2) is 72.8 Å². The van der Waals surface area contributed by atoms with Gasteiger partial charge in [0, 0.05) is 44.4 Å². The van der Waals surface area contributed by atoms with Crippen LogP contribution in [0.2, 0.25) is 0 Å². The molecule has 2 atom stereocenters. The molecule has 0 aromatic heterocycles. The number of non-ortho nitro benzene ring substituents is 1. The summed E-state index contributed by atoms with van der Waals surface area (Å²) >= 11 is 0. The van der Waals surface area contributed by atoms with E-state index in [1.807, 2.05) is 48.2 Å². The minimum Gasteiger partial charge on any atom is -0.443 e. The van der Waals surface area contributed by atoms with Crippen LogP contribution in [0.25, 0.3) is 0 Å². The fourth-order valence-corrected chi connectivity index (χ4v) is 5.10. The van der Waals surface area contributed by atoms with E-state index in [1.54, 1.807) is 24.3 Å². The molecule has 2 saturated heterocycles. The van der Waals surface area contributed by atoms with Crippen molar-refractivity contribution in [1.82, 2.24) is 4.90 Å². The van der Waals surface area contributed by atoms with Crippen molar-refractivity contribution in [2.75, 3.05) is 49.2 Å². The monoisotopic (exact) mass is 534 g/mol. The standard InChI is InChI=1S/C29H31FN4O5/c1-21(23-8-5-9-25(16-23)34(36)37)32(18-22-6-3-2-4-7-22)19-26-20-33(29(35)39-26)24-10-11-28(27(30)17-24)31-12-14-38-15-13-31/h2-11,16-17,21,26H,12-15,18-20H2,1H3/t21-,26+/m1/s1. The summed E-state index contributed by atoms with van der Waals surface area (Å²) in [6.45, 7) is 5.54. The maximum Gasteiger partial charge on any atom is 0.414 e. The molecule has 2 fully saturated rings. The van der Waals surface area contributed by atoms with E-state index < -0.39 is 22.9 Å². The molecule has 3 aromatic carbocycles. The van der Waals surface area contributed by atoms with Gasteiger partial charge in [-0.2, -0.15) is 0 Å². The van der Waals surface area contributed by atoms with Crippen molar-refractivity contribution in [3.8, 4) is 0 Å². The Labute approximate surface area is 226 Å². The lowest BCUT2D eigenvalue weighted by atomic mass is 10.0. The highest BCUT2D eigenvalue weighted by Gasteiger charge is 2.35. The largest absolute Gasteiger partial charge is 0.443 e. The molecule has 2 heterocycles. The first-order valence-corrected chi connectivity index (χ1v) is 13.0. The number of carbonyl (C=O) groups excluding carboxylic acids is 1. The van der Waals surface area contributed by atoms with Crippen LogP contribution in [0.5, 0.6) is 0 Å². The normalized spacial score (nSPS) is 18.3. The molecule has 0 saturated carbocycles. The first-order chi connectivity index (χ1) is 18.9. The summed E-state index contributed by atoms with van der Waals surface area (Å²) in [5.41, 5.74) is 2.82. The van der Waals surface area contributed by atoms with E-state index in [2.05, 4.69) is 4.90 Å². The van der Waals surface area contributed by atoms with Crippen LogP contribution in [0.1, 0.15) is 24.1 Å². The minimum atomic E-state index is -0.527. The third-order valence-electron chi connectivity index (χ3n) is 7.25. The van der Waals surface area contributed by atoms with Gasteiger partial charge in [-0.25, -0.2) is 9.18 Å². The number of hydrogen-bond donors (Lipinski definition) is 0. The minimum absolute atomic E-state index is 0.0278. The van der Waals surface area contributed by atoms with Gasteiger partial charge in [0.15, 0.2) is 0 Å². The maximum absolute atomic E-state index is 15.0. The molecule has 0 radical (unpaired) electrons. The number of hydrogen-bond acceptors (Lipinski definition) is 7. The van der Waals surface area contributed by atoms with E-state index in [9.17, 15) is 14.9 Å². The number of nitro benzene ring substituents is 1. The van der Waals surface area contributed by atoms with Gasteiger partial charge in [-0.3, -0.25) is 19.9 Å². The molecule has 0 bridgehead atoms. The highest BCUT2D eigenvalue weighted by Crippen LogP contribution is 2.31. The number of carbonyl (C=O) groups is 1. The average Bonchev–Trinajstić information content (AvgIpc) is 3.33. The van der Waals surface area contributed by atoms with Gasteiger partial charge in [0.2, 0.25) is 0 Å². The van der Waals surface area contributed by atoms with E-state index in [-0.39, 0.29) is 18.3 Å². The molecule has 0 unspecified atom stereocenters. The quantitative estimate of drug-likeness (QED) is 0.277. The van der Waals surface area contributed by atoms with E-state index in [0.29, 0.717) is 50.8 Å². The summed E-state index contributed by atoms with van der Waals surface area (Å²) < 4.78 is 26.1. The molecule has 3 aromatic rings. The SMILES string of the molecule is C[C@H](c1cccc([N+](=O)[O-])c1)N(Cc1ccccc1)C[C@H]1CN(c2ccc(N3CCOCC3)c(F)c2)C(=O)O1. The maximum atomic E-state index is 15.0. The van der Waals surface area contributed by atoms with Crippen LogP contribution in [-0.4, -0.2) is 61.4 Å². The molecule has 204 valence electrons. The first-order valence-electron chi connectivity index (χ1n) is 13.0. The summed E-state index contributed by atoms with van der Waals surface area (Å²) in [7, 11) is 0. The molecule has 5 rings (SSSR count). The topological polar surface area (TPSA) is 88.4 Å². The van der Waals surface area contributed by atoms with Gasteiger partial charge in [0.25, 0.3) is 5.69 Å². The predicted octanol–water partition coefficient (Wildman–Crippen LogP) is 5.16. The van der Waals surface area contributed by atoms with Gasteiger partial charge in [0.1, 0.15) is 11.9 Å². The molecule has 10 heteroatoms. The number of amides is 1. The fraction of sp³-hybridized carbons (Fsp3) is 0.345.